The Morgan fingerprint density at radius 3 is 2.74 bits per heavy atom. The van der Waals surface area contributed by atoms with Crippen LogP contribution < -0.4 is 5.32 Å². The van der Waals surface area contributed by atoms with E-state index in [2.05, 4.69) is 21.3 Å². The summed E-state index contributed by atoms with van der Waals surface area (Å²) in [5.41, 5.74) is 0. The van der Waals surface area contributed by atoms with Crippen molar-refractivity contribution in [1.82, 2.24) is 20.0 Å². The number of hydrogen-bond acceptors (Lipinski definition) is 4. The highest BCUT2D eigenvalue weighted by atomic mass is 16.6. The minimum absolute atomic E-state index is 0.168. The molecule has 23 heavy (non-hydrogen) atoms. The van der Waals surface area contributed by atoms with Gasteiger partial charge >= 0.3 is 6.09 Å². The fraction of sp³-hybridized carbons (Fsp3) is 0.765. The van der Waals surface area contributed by atoms with Gasteiger partial charge < -0.3 is 15.0 Å². The number of aromatic nitrogens is 2. The lowest BCUT2D eigenvalue weighted by Gasteiger charge is -2.38. The van der Waals surface area contributed by atoms with Crippen LogP contribution >= 0.6 is 0 Å². The summed E-state index contributed by atoms with van der Waals surface area (Å²) in [6.07, 6.45) is 10.8. The summed E-state index contributed by atoms with van der Waals surface area (Å²) in [6, 6.07) is 3.44. The van der Waals surface area contributed by atoms with Crippen LogP contribution in [-0.2, 0) is 4.74 Å². The first kappa shape index (κ1) is 16.3. The summed E-state index contributed by atoms with van der Waals surface area (Å²) in [5.74, 6) is 0. The van der Waals surface area contributed by atoms with Crippen molar-refractivity contribution in [2.75, 3.05) is 19.7 Å². The van der Waals surface area contributed by atoms with Crippen LogP contribution in [0.5, 0.6) is 0 Å². The molecule has 2 aliphatic rings. The summed E-state index contributed by atoms with van der Waals surface area (Å²) < 4.78 is 7.20. The summed E-state index contributed by atoms with van der Waals surface area (Å²) in [6.45, 7) is 3.88. The summed E-state index contributed by atoms with van der Waals surface area (Å²) in [4.78, 5) is 13.6. The van der Waals surface area contributed by atoms with Crippen molar-refractivity contribution in [2.45, 2.75) is 63.6 Å². The fourth-order valence-electron chi connectivity index (χ4n) is 3.85. The van der Waals surface area contributed by atoms with Crippen molar-refractivity contribution in [2.24, 2.45) is 0 Å². The molecule has 0 spiro atoms. The maximum atomic E-state index is 11.8. The van der Waals surface area contributed by atoms with Crippen molar-refractivity contribution in [1.29, 1.82) is 0 Å². The molecule has 6 nitrogen and oxygen atoms in total. The van der Waals surface area contributed by atoms with Gasteiger partial charge in [-0.15, -0.1) is 0 Å². The van der Waals surface area contributed by atoms with Crippen molar-refractivity contribution in [3.63, 3.8) is 0 Å². The highest BCUT2D eigenvalue weighted by Crippen LogP contribution is 2.29. The zero-order chi connectivity index (χ0) is 16.1. The van der Waals surface area contributed by atoms with E-state index in [0.29, 0.717) is 24.7 Å². The number of nitrogens with one attached hydrogen (secondary N) is 1. The first-order chi connectivity index (χ1) is 11.3. The number of rotatable bonds is 4. The Hall–Kier alpha value is -1.56. The molecular weight excluding hydrogens is 292 g/mol. The van der Waals surface area contributed by atoms with Crippen LogP contribution in [0.2, 0.25) is 0 Å². The Morgan fingerprint density at radius 1 is 1.26 bits per heavy atom. The Bertz CT molecular complexity index is 483. The fourth-order valence-corrected chi connectivity index (χ4v) is 3.85. The minimum atomic E-state index is -0.168. The standard InChI is InChI=1S/C17H28N4O2/c1-2-23-17(22)20-12-8-14(9-13-20)19-15-6-3-4-7-16(15)21-11-5-10-18-21/h5,10-11,14-16,19H,2-4,6-9,12-13H2,1H3. The zero-order valence-corrected chi connectivity index (χ0v) is 14.0. The van der Waals surface area contributed by atoms with Crippen molar-refractivity contribution >= 4 is 6.09 Å². The molecule has 1 N–H and O–H groups in total. The van der Waals surface area contributed by atoms with Gasteiger partial charge in [0, 0.05) is 37.6 Å². The third-order valence-electron chi connectivity index (χ3n) is 5.06. The summed E-state index contributed by atoms with van der Waals surface area (Å²) >= 11 is 0. The SMILES string of the molecule is CCOC(=O)N1CCC(NC2CCCCC2n2cccn2)CC1. The zero-order valence-electron chi connectivity index (χ0n) is 14.0. The number of nitrogens with zero attached hydrogens (tertiary/aromatic N) is 3. The van der Waals surface area contributed by atoms with Crippen molar-refractivity contribution in [3.8, 4) is 0 Å². The molecule has 1 aromatic rings. The molecule has 6 heteroatoms. The quantitative estimate of drug-likeness (QED) is 0.926. The van der Waals surface area contributed by atoms with Crippen LogP contribution in [0, 0.1) is 0 Å². The van der Waals surface area contributed by atoms with Crippen LogP contribution in [0.25, 0.3) is 0 Å². The molecule has 2 fully saturated rings. The summed E-state index contributed by atoms with van der Waals surface area (Å²) in [7, 11) is 0. The van der Waals surface area contributed by atoms with E-state index in [9.17, 15) is 4.79 Å². The lowest BCUT2D eigenvalue weighted by atomic mass is 9.89. The Labute approximate surface area is 138 Å². The van der Waals surface area contributed by atoms with Gasteiger partial charge in [0.25, 0.3) is 0 Å². The third kappa shape index (κ3) is 4.05. The molecule has 0 bridgehead atoms. The van der Waals surface area contributed by atoms with Crippen LogP contribution in [0.4, 0.5) is 4.79 Å². The van der Waals surface area contributed by atoms with E-state index >= 15 is 0 Å². The highest BCUT2D eigenvalue weighted by Gasteiger charge is 2.30. The Kier molecular flexibility index (Phi) is 5.54. The van der Waals surface area contributed by atoms with E-state index in [-0.39, 0.29) is 6.09 Å². The van der Waals surface area contributed by atoms with Gasteiger partial charge in [0.2, 0.25) is 0 Å². The molecule has 0 aromatic carbocycles. The number of hydrogen-bond donors (Lipinski definition) is 1. The molecule has 2 unspecified atom stereocenters. The highest BCUT2D eigenvalue weighted by molar-refractivity contribution is 5.67. The van der Waals surface area contributed by atoms with Gasteiger partial charge in [-0.2, -0.15) is 5.10 Å². The van der Waals surface area contributed by atoms with E-state index in [1.807, 2.05) is 24.1 Å². The molecule has 128 valence electrons. The minimum Gasteiger partial charge on any atom is -0.450 e. The van der Waals surface area contributed by atoms with Gasteiger partial charge in [-0.3, -0.25) is 4.68 Å². The molecule has 1 amide bonds. The van der Waals surface area contributed by atoms with Crippen molar-refractivity contribution < 1.29 is 9.53 Å². The Balaban J connectivity index is 1.52. The van der Waals surface area contributed by atoms with Crippen LogP contribution in [0.15, 0.2) is 18.5 Å². The van der Waals surface area contributed by atoms with E-state index in [0.717, 1.165) is 25.9 Å². The molecule has 2 heterocycles. The van der Waals surface area contributed by atoms with E-state index in [4.69, 9.17) is 4.74 Å². The lowest BCUT2D eigenvalue weighted by Crippen LogP contribution is -2.50. The predicted octanol–water partition coefficient (Wildman–Crippen LogP) is 2.58. The first-order valence-electron chi connectivity index (χ1n) is 8.95. The number of ether oxygens (including phenoxy) is 1. The molecule has 3 rings (SSSR count). The Morgan fingerprint density at radius 2 is 2.04 bits per heavy atom. The topological polar surface area (TPSA) is 59.4 Å². The molecule has 1 aliphatic heterocycles. The molecule has 1 saturated carbocycles. The average molecular weight is 320 g/mol. The second-order valence-electron chi connectivity index (χ2n) is 6.57. The average Bonchev–Trinajstić information content (AvgIpc) is 3.10. The maximum Gasteiger partial charge on any atom is 0.409 e. The van der Waals surface area contributed by atoms with Gasteiger partial charge in [-0.05, 0) is 38.7 Å². The van der Waals surface area contributed by atoms with E-state index < -0.39 is 0 Å². The largest absolute Gasteiger partial charge is 0.450 e. The predicted molar refractivity (Wildman–Crippen MR) is 88.3 cm³/mol. The number of amides is 1. The smallest absolute Gasteiger partial charge is 0.409 e. The van der Waals surface area contributed by atoms with Crippen molar-refractivity contribution in [3.05, 3.63) is 18.5 Å². The van der Waals surface area contributed by atoms with Gasteiger partial charge in [0.05, 0.1) is 12.6 Å². The normalized spacial score (nSPS) is 26.2. The number of carbonyl (C=O) groups excluding carboxylic acids is 1. The van der Waals surface area contributed by atoms with E-state index in [1.165, 1.54) is 25.7 Å². The van der Waals surface area contributed by atoms with Gasteiger partial charge in [-0.25, -0.2) is 4.79 Å². The maximum absolute atomic E-state index is 11.8. The van der Waals surface area contributed by atoms with Crippen LogP contribution in [0.3, 0.4) is 0 Å². The van der Waals surface area contributed by atoms with E-state index in [1.54, 1.807) is 0 Å². The van der Waals surface area contributed by atoms with Crippen LogP contribution in [0.1, 0.15) is 51.5 Å². The first-order valence-corrected chi connectivity index (χ1v) is 8.95. The summed E-state index contributed by atoms with van der Waals surface area (Å²) in [5, 5.41) is 8.29. The molecule has 1 saturated heterocycles. The van der Waals surface area contributed by atoms with Crippen LogP contribution in [-0.4, -0.2) is 52.6 Å². The third-order valence-corrected chi connectivity index (χ3v) is 5.06. The van der Waals surface area contributed by atoms with Gasteiger partial charge in [0.15, 0.2) is 0 Å². The van der Waals surface area contributed by atoms with Gasteiger partial charge in [0.1, 0.15) is 0 Å². The molecule has 0 radical (unpaired) electrons. The monoisotopic (exact) mass is 320 g/mol. The number of piperidine rings is 1. The van der Waals surface area contributed by atoms with Gasteiger partial charge in [-0.1, -0.05) is 12.8 Å². The molecule has 1 aliphatic carbocycles. The molecule has 2 atom stereocenters. The second-order valence-corrected chi connectivity index (χ2v) is 6.57. The number of carbonyl (C=O) groups is 1. The lowest BCUT2D eigenvalue weighted by molar-refractivity contribution is 0.0921. The number of likely N-dealkylation sites (tertiary alicyclic amines) is 1. The molecular formula is C17H28N4O2. The molecule has 1 aromatic heterocycles. The second kappa shape index (κ2) is 7.81.